The standard InChI is InChI=1S/C27H56O11S.Na/c1-2-3-4-5-6-7-8-9-10-11-12-13-31-14-15-32-16-17-33-18-19-34-20-21-35-22-23-36-24-25-37-26-27-38-39(28,29)30;/h2-27H2,1H3,(H,28,29,30);/q;+1/p-1. The van der Waals surface area contributed by atoms with Crippen molar-refractivity contribution in [2.75, 3.05) is 99.1 Å². The van der Waals surface area contributed by atoms with Crippen LogP contribution < -0.4 is 29.6 Å². The van der Waals surface area contributed by atoms with Gasteiger partial charge in [0.25, 0.3) is 0 Å². The number of hydrogen-bond acceptors (Lipinski definition) is 11. The maximum Gasteiger partial charge on any atom is 1.00 e. The van der Waals surface area contributed by atoms with Gasteiger partial charge in [-0.05, 0) is 6.42 Å². The van der Waals surface area contributed by atoms with Crippen LogP contribution in [-0.4, -0.2) is 112 Å². The van der Waals surface area contributed by atoms with Crippen LogP contribution in [0.5, 0.6) is 0 Å². The second-order valence-electron chi connectivity index (χ2n) is 9.05. The summed E-state index contributed by atoms with van der Waals surface area (Å²) in [5.74, 6) is 0. The minimum atomic E-state index is -4.66. The van der Waals surface area contributed by atoms with Gasteiger partial charge in [-0.15, -0.1) is 0 Å². The van der Waals surface area contributed by atoms with Gasteiger partial charge < -0.3 is 37.7 Å². The fourth-order valence-electron chi connectivity index (χ4n) is 3.48. The van der Waals surface area contributed by atoms with Gasteiger partial charge in [-0.3, -0.25) is 4.18 Å². The van der Waals surface area contributed by atoms with Crippen molar-refractivity contribution in [2.24, 2.45) is 0 Å². The Morgan fingerprint density at radius 1 is 0.400 bits per heavy atom. The van der Waals surface area contributed by atoms with Crippen molar-refractivity contribution in [2.45, 2.75) is 77.6 Å². The van der Waals surface area contributed by atoms with Crippen LogP contribution in [0, 0.1) is 0 Å². The van der Waals surface area contributed by atoms with E-state index in [1.807, 2.05) is 0 Å². The molecule has 0 rings (SSSR count). The van der Waals surface area contributed by atoms with E-state index in [9.17, 15) is 13.0 Å². The molecule has 11 nitrogen and oxygen atoms in total. The molecule has 0 aliphatic carbocycles. The van der Waals surface area contributed by atoms with Gasteiger partial charge >= 0.3 is 29.6 Å². The smallest absolute Gasteiger partial charge is 0.726 e. The molecule has 0 saturated carbocycles. The second kappa shape index (κ2) is 35.8. The van der Waals surface area contributed by atoms with Crippen LogP contribution in [-0.2, 0) is 47.7 Å². The van der Waals surface area contributed by atoms with Crippen LogP contribution in [0.2, 0.25) is 0 Å². The van der Waals surface area contributed by atoms with Crippen molar-refractivity contribution in [3.05, 3.63) is 0 Å². The SMILES string of the molecule is CCCCCCCCCCCCCOCCOCCOCCOCCOCCOCCOCCOS(=O)(=O)[O-].[Na+]. The first-order valence-electron chi connectivity index (χ1n) is 14.7. The summed E-state index contributed by atoms with van der Waals surface area (Å²) in [6.45, 7) is 8.46. The predicted octanol–water partition coefficient (Wildman–Crippen LogP) is 0.894. The van der Waals surface area contributed by atoms with Gasteiger partial charge in [0, 0.05) is 6.61 Å². The molecule has 0 radical (unpaired) electrons. The van der Waals surface area contributed by atoms with Crippen molar-refractivity contribution < 1.29 is 79.9 Å². The predicted molar refractivity (Wildman–Crippen MR) is 148 cm³/mol. The molecule has 236 valence electrons. The average Bonchev–Trinajstić information content (AvgIpc) is 2.90. The Labute approximate surface area is 265 Å². The summed E-state index contributed by atoms with van der Waals surface area (Å²) < 4.78 is 72.4. The van der Waals surface area contributed by atoms with Gasteiger partial charge in [0.15, 0.2) is 0 Å². The Kier molecular flexibility index (Phi) is 38.2. The van der Waals surface area contributed by atoms with E-state index in [1.165, 1.54) is 64.2 Å². The summed E-state index contributed by atoms with van der Waals surface area (Å²) in [6.07, 6.45) is 14.8. The fraction of sp³-hybridized carbons (Fsp3) is 1.00. The molecular formula is C27H55NaO11S. The minimum Gasteiger partial charge on any atom is -0.726 e. The number of hydrogen-bond donors (Lipinski definition) is 0. The van der Waals surface area contributed by atoms with Gasteiger partial charge in [0.1, 0.15) is 0 Å². The summed E-state index contributed by atoms with van der Waals surface area (Å²) in [5.41, 5.74) is 0. The second-order valence-corrected chi connectivity index (χ2v) is 10.1. The van der Waals surface area contributed by atoms with Gasteiger partial charge in [-0.1, -0.05) is 71.1 Å². The molecule has 0 unspecified atom stereocenters. The maximum atomic E-state index is 10.2. The molecular weight excluding hydrogens is 555 g/mol. The van der Waals surface area contributed by atoms with E-state index in [2.05, 4.69) is 11.1 Å². The molecule has 0 atom stereocenters. The molecule has 40 heavy (non-hydrogen) atoms. The minimum absolute atomic E-state index is 0. The third-order valence-corrected chi connectivity index (χ3v) is 6.03. The molecule has 0 bridgehead atoms. The van der Waals surface area contributed by atoms with E-state index >= 15 is 0 Å². The van der Waals surface area contributed by atoms with Crippen LogP contribution in [0.3, 0.4) is 0 Å². The Morgan fingerprint density at radius 2 is 0.650 bits per heavy atom. The van der Waals surface area contributed by atoms with Gasteiger partial charge in [0.05, 0.1) is 92.5 Å². The first kappa shape index (κ1) is 42.7. The molecule has 0 fully saturated rings. The van der Waals surface area contributed by atoms with Gasteiger partial charge in [-0.25, -0.2) is 8.42 Å². The summed E-state index contributed by atoms with van der Waals surface area (Å²) in [7, 11) is -4.66. The van der Waals surface area contributed by atoms with Crippen LogP contribution in [0.15, 0.2) is 0 Å². The van der Waals surface area contributed by atoms with E-state index in [4.69, 9.17) is 33.2 Å². The van der Waals surface area contributed by atoms with Gasteiger partial charge in [-0.2, -0.15) is 0 Å². The zero-order chi connectivity index (χ0) is 28.5. The monoisotopic (exact) mass is 610 g/mol. The van der Waals surface area contributed by atoms with Crippen molar-refractivity contribution >= 4 is 10.4 Å². The van der Waals surface area contributed by atoms with Crippen LogP contribution >= 0.6 is 0 Å². The number of ether oxygens (including phenoxy) is 7. The first-order valence-corrected chi connectivity index (χ1v) is 16.0. The number of unbranched alkanes of at least 4 members (excludes halogenated alkanes) is 10. The summed E-state index contributed by atoms with van der Waals surface area (Å²) in [4.78, 5) is 0. The van der Waals surface area contributed by atoms with E-state index in [-0.39, 0.29) is 49.4 Å². The third kappa shape index (κ3) is 40.7. The van der Waals surface area contributed by atoms with Crippen molar-refractivity contribution in [1.29, 1.82) is 0 Å². The Hall–Kier alpha value is 0.590. The van der Waals surface area contributed by atoms with Crippen molar-refractivity contribution in [1.82, 2.24) is 0 Å². The summed E-state index contributed by atoms with van der Waals surface area (Å²) >= 11 is 0. The molecule has 0 saturated heterocycles. The van der Waals surface area contributed by atoms with Crippen LogP contribution in [0.1, 0.15) is 77.6 Å². The molecule has 0 aliphatic rings. The topological polar surface area (TPSA) is 131 Å². The molecule has 0 aliphatic heterocycles. The zero-order valence-corrected chi connectivity index (χ0v) is 28.1. The normalized spacial score (nSPS) is 11.7. The van der Waals surface area contributed by atoms with Crippen LogP contribution in [0.4, 0.5) is 0 Å². The third-order valence-electron chi connectivity index (χ3n) is 5.58. The molecule has 0 heterocycles. The van der Waals surface area contributed by atoms with E-state index in [0.29, 0.717) is 72.7 Å². The maximum absolute atomic E-state index is 10.2. The Bertz CT molecular complexity index is 571. The Morgan fingerprint density at radius 3 is 0.950 bits per heavy atom. The number of rotatable bonds is 34. The summed E-state index contributed by atoms with van der Waals surface area (Å²) in [6, 6.07) is 0. The fourth-order valence-corrected chi connectivity index (χ4v) is 3.76. The van der Waals surface area contributed by atoms with Crippen molar-refractivity contribution in [3.8, 4) is 0 Å². The molecule has 0 N–H and O–H groups in total. The molecule has 0 aromatic carbocycles. The molecule has 0 spiro atoms. The summed E-state index contributed by atoms with van der Waals surface area (Å²) in [5, 5.41) is 0. The molecule has 0 amide bonds. The van der Waals surface area contributed by atoms with Gasteiger partial charge in [0.2, 0.25) is 10.4 Å². The molecule has 0 aromatic heterocycles. The quantitative estimate of drug-likeness (QED) is 0.0446. The molecule has 0 aromatic rings. The van der Waals surface area contributed by atoms with E-state index < -0.39 is 10.4 Å². The average molecular weight is 611 g/mol. The van der Waals surface area contributed by atoms with Crippen molar-refractivity contribution in [3.63, 3.8) is 0 Å². The Balaban J connectivity index is 0. The van der Waals surface area contributed by atoms with E-state index in [0.717, 1.165) is 13.0 Å². The van der Waals surface area contributed by atoms with Crippen LogP contribution in [0.25, 0.3) is 0 Å². The zero-order valence-electron chi connectivity index (χ0n) is 25.3. The molecule has 13 heteroatoms. The first-order chi connectivity index (χ1) is 19.1. The van der Waals surface area contributed by atoms with E-state index in [1.54, 1.807) is 0 Å². The largest absolute Gasteiger partial charge is 1.00 e.